The lowest BCUT2D eigenvalue weighted by atomic mass is 9.91. The van der Waals surface area contributed by atoms with E-state index in [1.165, 1.54) is 4.90 Å². The van der Waals surface area contributed by atoms with Crippen LogP contribution < -0.4 is 5.32 Å². The van der Waals surface area contributed by atoms with Crippen molar-refractivity contribution >= 4 is 59.6 Å². The molecule has 6 heterocycles. The topological polar surface area (TPSA) is 186 Å². The molecule has 0 spiro atoms. The van der Waals surface area contributed by atoms with Gasteiger partial charge in [-0.25, -0.2) is 31.6 Å². The molecule has 16 nitrogen and oxygen atoms in total. The fourth-order valence-corrected chi connectivity index (χ4v) is 12.9. The van der Waals surface area contributed by atoms with Gasteiger partial charge in [-0.2, -0.15) is 0 Å². The van der Waals surface area contributed by atoms with Gasteiger partial charge in [-0.05, 0) is 106 Å². The summed E-state index contributed by atoms with van der Waals surface area (Å²) in [6, 6.07) is 10.7. The standard InChI is InChI=1S/C28H42N4O5S.C23H34N4O3S/c1-19(33)30-12-10-20(11-13-30)16-32-24-9-8-21(14-23(24)29-25(32)15-27(2,3)4)38(35,36)22-17-31(18-22)26(34)37-28(5,6)7;1-16(28)26-9-7-17(8-10-26)15-27-21-6-5-18(31(29,30)19-13-24-14-19)11-20(21)25-22(27)12-23(2,3)4/h8-9,14,20,22H,10-13,15-18H2,1-7H3;5-6,11,17,19,24H,7-10,12-15H2,1-4H3. The molecule has 0 atom stereocenters. The monoisotopic (exact) mass is 993 g/mol. The number of hydrogen-bond acceptors (Lipinski definition) is 11. The lowest BCUT2D eigenvalue weighted by Gasteiger charge is -2.39. The highest BCUT2D eigenvalue weighted by Gasteiger charge is 2.42. The number of benzene rings is 2. The van der Waals surface area contributed by atoms with E-state index in [0.29, 0.717) is 35.3 Å². The first kappa shape index (κ1) is 52.3. The van der Waals surface area contributed by atoms with Gasteiger partial charge < -0.3 is 33.9 Å². The normalized spacial score (nSPS) is 18.5. The number of carbonyl (C=O) groups is 3. The zero-order valence-electron chi connectivity index (χ0n) is 42.8. The molecule has 380 valence electrons. The minimum atomic E-state index is -3.62. The zero-order chi connectivity index (χ0) is 50.4. The average molecular weight is 993 g/mol. The molecule has 0 bridgehead atoms. The highest BCUT2D eigenvalue weighted by Crippen LogP contribution is 2.33. The molecular formula is C51H76N8O8S2. The fraction of sp³-hybridized carbons (Fsp3) is 0.667. The Morgan fingerprint density at radius 3 is 1.33 bits per heavy atom. The molecule has 2 aromatic carbocycles. The van der Waals surface area contributed by atoms with Crippen LogP contribution in [0.2, 0.25) is 0 Å². The maximum atomic E-state index is 13.4. The van der Waals surface area contributed by atoms with Gasteiger partial charge in [0.2, 0.25) is 11.8 Å². The van der Waals surface area contributed by atoms with Gasteiger partial charge in [0.15, 0.2) is 19.7 Å². The Morgan fingerprint density at radius 1 is 0.609 bits per heavy atom. The van der Waals surface area contributed by atoms with Crippen molar-refractivity contribution in [3.8, 4) is 0 Å². The van der Waals surface area contributed by atoms with Crippen LogP contribution in [0.3, 0.4) is 0 Å². The summed E-state index contributed by atoms with van der Waals surface area (Å²) in [5.41, 5.74) is 2.83. The number of rotatable bonds is 10. The molecule has 4 fully saturated rings. The van der Waals surface area contributed by atoms with Crippen LogP contribution >= 0.6 is 0 Å². The molecule has 0 aliphatic carbocycles. The molecule has 4 aromatic rings. The second-order valence-electron chi connectivity index (χ2n) is 23.3. The zero-order valence-corrected chi connectivity index (χ0v) is 44.4. The summed E-state index contributed by atoms with van der Waals surface area (Å²) in [4.78, 5) is 51.3. The third-order valence-corrected chi connectivity index (χ3v) is 18.0. The number of imidazole rings is 2. The predicted octanol–water partition coefficient (Wildman–Crippen LogP) is 6.91. The van der Waals surface area contributed by atoms with Crippen molar-refractivity contribution in [2.45, 2.75) is 154 Å². The Labute approximate surface area is 409 Å². The van der Waals surface area contributed by atoms with Crippen LogP contribution in [-0.2, 0) is 59.9 Å². The summed E-state index contributed by atoms with van der Waals surface area (Å²) in [7, 11) is -6.94. The van der Waals surface area contributed by atoms with Crippen molar-refractivity contribution in [2.75, 3.05) is 52.4 Å². The third-order valence-electron chi connectivity index (χ3n) is 13.8. The maximum Gasteiger partial charge on any atom is 0.410 e. The first-order chi connectivity index (χ1) is 32.1. The van der Waals surface area contributed by atoms with Crippen LogP contribution in [-0.4, -0.2) is 137 Å². The van der Waals surface area contributed by atoms with Gasteiger partial charge in [-0.3, -0.25) is 9.59 Å². The fourth-order valence-electron chi connectivity index (χ4n) is 9.65. The molecule has 18 heteroatoms. The van der Waals surface area contributed by atoms with E-state index in [4.69, 9.17) is 14.7 Å². The molecular weight excluding hydrogens is 917 g/mol. The Hall–Kier alpha value is -4.55. The minimum absolute atomic E-state index is 0.0169. The van der Waals surface area contributed by atoms with E-state index < -0.39 is 36.6 Å². The van der Waals surface area contributed by atoms with Crippen molar-refractivity contribution in [1.82, 2.24) is 39.1 Å². The van der Waals surface area contributed by atoms with Crippen molar-refractivity contribution in [1.29, 1.82) is 0 Å². The number of hydrogen-bond donors (Lipinski definition) is 1. The Balaban J connectivity index is 0.000000208. The third kappa shape index (κ3) is 12.5. The molecule has 4 aliphatic heterocycles. The molecule has 0 saturated carbocycles. The molecule has 0 unspecified atom stereocenters. The number of likely N-dealkylation sites (tertiary alicyclic amines) is 3. The Kier molecular flexibility index (Phi) is 15.1. The number of carbonyl (C=O) groups excluding carboxylic acids is 3. The van der Waals surface area contributed by atoms with Gasteiger partial charge in [0, 0.05) is 92.1 Å². The molecule has 8 rings (SSSR count). The van der Waals surface area contributed by atoms with Gasteiger partial charge in [-0.15, -0.1) is 0 Å². The number of nitrogens with one attached hydrogen (secondary N) is 1. The summed E-state index contributed by atoms with van der Waals surface area (Å²) in [6.07, 6.45) is 4.95. The van der Waals surface area contributed by atoms with Crippen molar-refractivity contribution in [3.63, 3.8) is 0 Å². The molecule has 69 heavy (non-hydrogen) atoms. The van der Waals surface area contributed by atoms with Crippen LogP contribution in [0.4, 0.5) is 4.79 Å². The van der Waals surface area contributed by atoms with E-state index in [1.807, 2.05) is 21.9 Å². The van der Waals surface area contributed by atoms with E-state index >= 15 is 0 Å². The summed E-state index contributed by atoms with van der Waals surface area (Å²) < 4.78 is 62.4. The maximum absolute atomic E-state index is 13.4. The predicted molar refractivity (Wildman–Crippen MR) is 268 cm³/mol. The number of piperidine rings is 2. The van der Waals surface area contributed by atoms with E-state index in [9.17, 15) is 31.2 Å². The first-order valence-corrected chi connectivity index (χ1v) is 27.8. The van der Waals surface area contributed by atoms with Crippen LogP contribution in [0.15, 0.2) is 46.2 Å². The SMILES string of the molecule is CC(=O)N1CCC(Cn2c(CC(C)(C)C)nc3cc(S(=O)(=O)C4CN(C(=O)OC(C)(C)C)C4)ccc32)CC1.CC(=O)N1CCC(Cn2c(CC(C)(C)C)nc3cc(S(=O)(=O)C4CNC4)ccc32)CC1. The molecule has 4 aliphatic rings. The van der Waals surface area contributed by atoms with Crippen LogP contribution in [0.25, 0.3) is 22.1 Å². The average Bonchev–Trinajstić information content (AvgIpc) is 3.69. The number of ether oxygens (including phenoxy) is 1. The van der Waals surface area contributed by atoms with Gasteiger partial charge in [0.25, 0.3) is 0 Å². The Morgan fingerprint density at radius 2 is 1.00 bits per heavy atom. The number of amides is 3. The van der Waals surface area contributed by atoms with Gasteiger partial charge in [0.05, 0.1) is 37.1 Å². The number of aromatic nitrogens is 4. The van der Waals surface area contributed by atoms with Gasteiger partial charge in [0.1, 0.15) is 22.5 Å². The van der Waals surface area contributed by atoms with Crippen molar-refractivity contribution in [3.05, 3.63) is 48.0 Å². The van der Waals surface area contributed by atoms with E-state index in [1.54, 1.807) is 58.9 Å². The molecule has 3 amide bonds. The lowest BCUT2D eigenvalue weighted by Crippen LogP contribution is -2.57. The smallest absolute Gasteiger partial charge is 0.410 e. The highest BCUT2D eigenvalue weighted by atomic mass is 32.2. The summed E-state index contributed by atoms with van der Waals surface area (Å²) in [5, 5.41) is 2.05. The summed E-state index contributed by atoms with van der Waals surface area (Å²) in [5.74, 6) is 3.15. The summed E-state index contributed by atoms with van der Waals surface area (Å²) in [6.45, 7) is 27.8. The van der Waals surface area contributed by atoms with Crippen LogP contribution in [0.5, 0.6) is 0 Å². The molecule has 0 radical (unpaired) electrons. The molecule has 1 N–H and O–H groups in total. The second kappa shape index (κ2) is 19.9. The number of sulfone groups is 2. The first-order valence-electron chi connectivity index (χ1n) is 24.7. The summed E-state index contributed by atoms with van der Waals surface area (Å²) >= 11 is 0. The van der Waals surface area contributed by atoms with Crippen LogP contribution in [0.1, 0.15) is 113 Å². The second-order valence-corrected chi connectivity index (χ2v) is 27.8. The quantitative estimate of drug-likeness (QED) is 0.174. The molecule has 4 saturated heterocycles. The lowest BCUT2D eigenvalue weighted by molar-refractivity contribution is -0.131. The van der Waals surface area contributed by atoms with E-state index in [0.717, 1.165) is 106 Å². The van der Waals surface area contributed by atoms with E-state index in [2.05, 4.69) is 56.0 Å². The van der Waals surface area contributed by atoms with Crippen molar-refractivity contribution < 1.29 is 36.0 Å². The van der Waals surface area contributed by atoms with E-state index in [-0.39, 0.29) is 45.9 Å². The highest BCUT2D eigenvalue weighted by molar-refractivity contribution is 7.92. The van der Waals surface area contributed by atoms with Gasteiger partial charge >= 0.3 is 6.09 Å². The molecule has 2 aromatic heterocycles. The minimum Gasteiger partial charge on any atom is -0.444 e. The largest absolute Gasteiger partial charge is 0.444 e. The van der Waals surface area contributed by atoms with Crippen molar-refractivity contribution in [2.24, 2.45) is 22.7 Å². The van der Waals surface area contributed by atoms with Gasteiger partial charge in [-0.1, -0.05) is 41.5 Å². The Bertz CT molecular complexity index is 2750. The number of fused-ring (bicyclic) bond motifs is 2. The van der Waals surface area contributed by atoms with Crippen LogP contribution in [0, 0.1) is 22.7 Å². The number of nitrogens with zero attached hydrogens (tertiary/aromatic N) is 7.